The molecule has 0 bridgehead atoms. The Morgan fingerprint density at radius 3 is 2.41 bits per heavy atom. The zero-order valence-electron chi connectivity index (χ0n) is 18.7. The van der Waals surface area contributed by atoms with Crippen LogP contribution < -0.4 is 4.74 Å². The lowest BCUT2D eigenvalue weighted by molar-refractivity contribution is -0.127. The third kappa shape index (κ3) is 3.63. The largest absolute Gasteiger partial charge is 0.487 e. The van der Waals surface area contributed by atoms with Gasteiger partial charge in [-0.25, -0.2) is 4.98 Å². The Morgan fingerprint density at radius 2 is 1.62 bits per heavy atom. The number of hydrogen-bond donors (Lipinski definition) is 0. The Kier molecular flexibility index (Phi) is 5.10. The van der Waals surface area contributed by atoms with Gasteiger partial charge in [-0.2, -0.15) is 0 Å². The Hall–Kier alpha value is -3.99. The van der Waals surface area contributed by atoms with E-state index in [0.29, 0.717) is 17.9 Å². The molecular formula is C29H24N2O3. The van der Waals surface area contributed by atoms with Crippen LogP contribution >= 0.6 is 0 Å². The van der Waals surface area contributed by atoms with Crippen molar-refractivity contribution in [3.63, 3.8) is 0 Å². The van der Waals surface area contributed by atoms with Gasteiger partial charge < -0.3 is 9.47 Å². The van der Waals surface area contributed by atoms with Gasteiger partial charge in [-0.1, -0.05) is 36.4 Å². The Bertz CT molecular complexity index is 1390. The first-order chi connectivity index (χ1) is 16.7. The van der Waals surface area contributed by atoms with Gasteiger partial charge in [-0.3, -0.25) is 9.78 Å². The van der Waals surface area contributed by atoms with Crippen molar-refractivity contribution in [2.75, 3.05) is 0 Å². The minimum absolute atomic E-state index is 0.0887. The quantitative estimate of drug-likeness (QED) is 0.375. The summed E-state index contributed by atoms with van der Waals surface area (Å²) >= 11 is 0. The molecule has 1 saturated carbocycles. The lowest BCUT2D eigenvalue weighted by atomic mass is 9.89. The molecule has 2 aromatic carbocycles. The molecule has 3 heterocycles. The number of carbonyl (C=O) groups is 1. The Morgan fingerprint density at radius 1 is 0.853 bits per heavy atom. The monoisotopic (exact) mass is 448 g/mol. The highest BCUT2D eigenvalue weighted by molar-refractivity contribution is 6.33. The zero-order valence-corrected chi connectivity index (χ0v) is 18.7. The molecule has 6 rings (SSSR count). The number of benzene rings is 2. The number of ketones is 1. The summed E-state index contributed by atoms with van der Waals surface area (Å²) in [7, 11) is 0. The number of hydrogen-bond acceptors (Lipinski definition) is 5. The van der Waals surface area contributed by atoms with Crippen LogP contribution in [0.4, 0.5) is 0 Å². The number of para-hydroxylation sites is 1. The molecule has 2 aromatic heterocycles. The van der Waals surface area contributed by atoms with Crippen molar-refractivity contribution in [1.82, 2.24) is 9.97 Å². The molecule has 2 aliphatic rings. The van der Waals surface area contributed by atoms with Crippen LogP contribution in [0.1, 0.15) is 42.5 Å². The van der Waals surface area contributed by atoms with E-state index in [1.807, 2.05) is 66.7 Å². The van der Waals surface area contributed by atoms with Crippen LogP contribution in [0.2, 0.25) is 0 Å². The maximum atomic E-state index is 13.6. The SMILES string of the molecule is O=C1C(c2ccc(OCc3ccc4ccccc4n3)cc2)=C(c2ccncc2)OC12CCCC2. The fourth-order valence-electron chi connectivity index (χ4n) is 4.93. The van der Waals surface area contributed by atoms with E-state index in [1.54, 1.807) is 12.4 Å². The van der Waals surface area contributed by atoms with Crippen molar-refractivity contribution in [3.05, 3.63) is 102 Å². The first-order valence-electron chi connectivity index (χ1n) is 11.7. The zero-order chi connectivity index (χ0) is 23.0. The lowest BCUT2D eigenvalue weighted by Crippen LogP contribution is -2.33. The number of Topliss-reactive ketones (excluding diaryl/α,β-unsaturated/α-hetero) is 1. The van der Waals surface area contributed by atoms with Crippen LogP contribution in [0.15, 0.2) is 85.2 Å². The number of aromatic nitrogens is 2. The first kappa shape index (κ1) is 20.6. The number of fused-ring (bicyclic) bond motifs is 1. The molecule has 1 aliphatic heterocycles. The second-order valence-electron chi connectivity index (χ2n) is 8.88. The fourth-order valence-corrected chi connectivity index (χ4v) is 4.93. The van der Waals surface area contributed by atoms with Crippen molar-refractivity contribution in [2.45, 2.75) is 37.9 Å². The molecule has 0 atom stereocenters. The first-order valence-corrected chi connectivity index (χ1v) is 11.7. The van der Waals surface area contributed by atoms with Gasteiger partial charge in [0.25, 0.3) is 0 Å². The lowest BCUT2D eigenvalue weighted by Gasteiger charge is -2.22. The van der Waals surface area contributed by atoms with Gasteiger partial charge in [0.05, 0.1) is 16.8 Å². The van der Waals surface area contributed by atoms with E-state index in [9.17, 15) is 4.79 Å². The van der Waals surface area contributed by atoms with Gasteiger partial charge in [-0.15, -0.1) is 0 Å². The van der Waals surface area contributed by atoms with E-state index in [0.717, 1.165) is 59.2 Å². The van der Waals surface area contributed by atoms with Crippen molar-refractivity contribution in [3.8, 4) is 5.75 Å². The fraction of sp³-hybridized carbons (Fsp3) is 0.207. The predicted molar refractivity (Wildman–Crippen MR) is 131 cm³/mol. The summed E-state index contributed by atoms with van der Waals surface area (Å²) in [6.45, 7) is 0.375. The standard InChI is InChI=1S/C29H24N2O3/c32-28-26(27(22-13-17-30-18-14-22)34-29(28)15-3-4-16-29)21-8-11-24(12-9-21)33-19-23-10-7-20-5-1-2-6-25(20)31-23/h1-2,5-14,17-18H,3-4,15-16,19H2. The van der Waals surface area contributed by atoms with Gasteiger partial charge in [0.1, 0.15) is 18.1 Å². The summed E-state index contributed by atoms with van der Waals surface area (Å²) in [6, 6.07) is 23.5. The molecule has 4 aromatic rings. The molecule has 34 heavy (non-hydrogen) atoms. The van der Waals surface area contributed by atoms with Crippen molar-refractivity contribution in [2.24, 2.45) is 0 Å². The molecule has 0 amide bonds. The van der Waals surface area contributed by atoms with E-state index in [-0.39, 0.29) is 5.78 Å². The summed E-state index contributed by atoms with van der Waals surface area (Å²) in [4.78, 5) is 22.4. The van der Waals surface area contributed by atoms with Crippen LogP contribution in [-0.4, -0.2) is 21.4 Å². The highest BCUT2D eigenvalue weighted by Crippen LogP contribution is 2.48. The summed E-state index contributed by atoms with van der Waals surface area (Å²) in [5.41, 5.74) is 3.48. The smallest absolute Gasteiger partial charge is 0.210 e. The maximum Gasteiger partial charge on any atom is 0.210 e. The van der Waals surface area contributed by atoms with Gasteiger partial charge in [0.15, 0.2) is 5.60 Å². The summed E-state index contributed by atoms with van der Waals surface area (Å²) in [5, 5.41) is 1.11. The normalized spacial score (nSPS) is 16.9. The van der Waals surface area contributed by atoms with E-state index in [1.165, 1.54) is 0 Å². The van der Waals surface area contributed by atoms with E-state index in [2.05, 4.69) is 16.0 Å². The topological polar surface area (TPSA) is 61.3 Å². The number of pyridine rings is 2. The molecule has 0 N–H and O–H groups in total. The number of ether oxygens (including phenoxy) is 2. The van der Waals surface area contributed by atoms with Crippen LogP contribution in [0.5, 0.6) is 5.75 Å². The second kappa shape index (κ2) is 8.41. The molecule has 0 saturated heterocycles. The van der Waals surface area contributed by atoms with Crippen molar-refractivity contribution in [1.29, 1.82) is 0 Å². The van der Waals surface area contributed by atoms with Crippen LogP contribution in [0.3, 0.4) is 0 Å². The molecule has 1 fully saturated rings. The second-order valence-corrected chi connectivity index (χ2v) is 8.88. The van der Waals surface area contributed by atoms with Crippen molar-refractivity contribution < 1.29 is 14.3 Å². The van der Waals surface area contributed by atoms with Crippen molar-refractivity contribution >= 4 is 28.0 Å². The van der Waals surface area contributed by atoms with Crippen LogP contribution in [-0.2, 0) is 16.1 Å². The summed E-state index contributed by atoms with van der Waals surface area (Å²) < 4.78 is 12.4. The summed E-state index contributed by atoms with van der Waals surface area (Å²) in [6.07, 6.45) is 7.01. The molecule has 0 unspecified atom stereocenters. The minimum atomic E-state index is -0.717. The Balaban J connectivity index is 1.26. The average Bonchev–Trinajstić information content (AvgIpc) is 3.48. The summed E-state index contributed by atoms with van der Waals surface area (Å²) in [5.74, 6) is 1.47. The number of rotatable bonds is 5. The highest BCUT2D eigenvalue weighted by Gasteiger charge is 2.51. The minimum Gasteiger partial charge on any atom is -0.487 e. The third-order valence-electron chi connectivity index (χ3n) is 6.70. The van der Waals surface area contributed by atoms with Gasteiger partial charge >= 0.3 is 0 Å². The third-order valence-corrected chi connectivity index (χ3v) is 6.70. The Labute approximate surface area is 198 Å². The van der Waals surface area contributed by atoms with Gasteiger partial charge in [0, 0.05) is 23.3 Å². The van der Waals surface area contributed by atoms with Gasteiger partial charge in [-0.05, 0) is 67.6 Å². The van der Waals surface area contributed by atoms with Gasteiger partial charge in [0.2, 0.25) is 5.78 Å². The molecule has 1 aliphatic carbocycles. The molecule has 5 heteroatoms. The molecular weight excluding hydrogens is 424 g/mol. The van der Waals surface area contributed by atoms with E-state index >= 15 is 0 Å². The number of carbonyl (C=O) groups excluding carboxylic acids is 1. The van der Waals surface area contributed by atoms with E-state index in [4.69, 9.17) is 9.47 Å². The van der Waals surface area contributed by atoms with Crippen LogP contribution in [0.25, 0.3) is 22.2 Å². The average molecular weight is 449 g/mol. The molecule has 5 nitrogen and oxygen atoms in total. The van der Waals surface area contributed by atoms with Crippen LogP contribution in [0, 0.1) is 0 Å². The molecule has 0 radical (unpaired) electrons. The predicted octanol–water partition coefficient (Wildman–Crippen LogP) is 5.99. The maximum absolute atomic E-state index is 13.6. The van der Waals surface area contributed by atoms with E-state index < -0.39 is 5.60 Å². The highest BCUT2D eigenvalue weighted by atomic mass is 16.5. The number of nitrogens with zero attached hydrogens (tertiary/aromatic N) is 2. The molecule has 1 spiro atoms. The molecule has 168 valence electrons.